The zero-order valence-corrected chi connectivity index (χ0v) is 8.14. The molecule has 0 saturated carbocycles. The van der Waals surface area contributed by atoms with Gasteiger partial charge >= 0.3 is 0 Å². The highest BCUT2D eigenvalue weighted by Gasteiger charge is 2.18. The average Bonchev–Trinajstić information content (AvgIpc) is 2.68. The van der Waals surface area contributed by atoms with Gasteiger partial charge in [0.15, 0.2) is 11.5 Å². The fourth-order valence-electron chi connectivity index (χ4n) is 2.14. The van der Waals surface area contributed by atoms with Crippen molar-refractivity contribution in [3.63, 3.8) is 0 Å². The van der Waals surface area contributed by atoms with E-state index in [2.05, 4.69) is 10.6 Å². The van der Waals surface area contributed by atoms with Gasteiger partial charge in [0.2, 0.25) is 0 Å². The number of fused-ring (bicyclic) bond motifs is 2. The van der Waals surface area contributed by atoms with Crippen LogP contribution in [0.2, 0.25) is 0 Å². The van der Waals surface area contributed by atoms with Crippen LogP contribution in [0.1, 0.15) is 16.8 Å². The van der Waals surface area contributed by atoms with Gasteiger partial charge in [-0.2, -0.15) is 0 Å². The number of aromatic hydroxyl groups is 2. The van der Waals surface area contributed by atoms with Gasteiger partial charge in [-0.1, -0.05) is 6.07 Å². The molecule has 1 aliphatic rings. The number of rotatable bonds is 0. The van der Waals surface area contributed by atoms with E-state index in [9.17, 15) is 10.2 Å². The molecule has 2 aromatic rings. The number of aromatic nitrogens is 1. The molecule has 0 fully saturated rings. The van der Waals surface area contributed by atoms with Gasteiger partial charge in [-0.05, 0) is 23.8 Å². The van der Waals surface area contributed by atoms with Gasteiger partial charge < -0.3 is 14.8 Å². The first-order valence-corrected chi connectivity index (χ1v) is 4.92. The van der Waals surface area contributed by atoms with Gasteiger partial charge in [0, 0.05) is 23.9 Å². The Labute approximate surface area is 87.2 Å². The quantitative estimate of drug-likeness (QED) is 0.545. The minimum Gasteiger partial charge on any atom is -0.504 e. The predicted octanol–water partition coefficient (Wildman–Crippen LogP) is 1.85. The van der Waals surface area contributed by atoms with E-state index in [-0.39, 0.29) is 11.5 Å². The second-order valence-electron chi connectivity index (χ2n) is 3.88. The Morgan fingerprint density at radius 1 is 1.13 bits per heavy atom. The normalized spacial score (nSPS) is 13.3. The van der Waals surface area contributed by atoms with E-state index in [4.69, 9.17) is 0 Å². The van der Waals surface area contributed by atoms with Crippen molar-refractivity contribution in [1.29, 1.82) is 0 Å². The van der Waals surface area contributed by atoms with Gasteiger partial charge in [-0.3, -0.25) is 0 Å². The summed E-state index contributed by atoms with van der Waals surface area (Å²) in [5.41, 5.74) is 3.17. The molecule has 1 aromatic heterocycles. The first-order valence-electron chi connectivity index (χ1n) is 4.92. The van der Waals surface area contributed by atoms with E-state index in [1.807, 2.05) is 18.3 Å². The molecule has 0 radical (unpaired) electrons. The molecule has 0 amide bonds. The second-order valence-corrected chi connectivity index (χ2v) is 3.88. The lowest BCUT2D eigenvalue weighted by molar-refractivity contribution is 0.396. The topological polar surface area (TPSA) is 45.4 Å². The molecule has 0 spiro atoms. The van der Waals surface area contributed by atoms with E-state index >= 15 is 0 Å². The van der Waals surface area contributed by atoms with Gasteiger partial charge in [0.05, 0.1) is 6.54 Å². The summed E-state index contributed by atoms with van der Waals surface area (Å²) in [6, 6.07) is 7.50. The third kappa shape index (κ3) is 1.13. The van der Waals surface area contributed by atoms with Crippen molar-refractivity contribution < 1.29 is 10.2 Å². The van der Waals surface area contributed by atoms with Gasteiger partial charge in [0.25, 0.3) is 0 Å². The third-order valence-electron chi connectivity index (χ3n) is 2.98. The molecular weight excluding hydrogens is 190 g/mol. The summed E-state index contributed by atoms with van der Waals surface area (Å²) in [5.74, 6) is -0.0174. The molecule has 1 aromatic carbocycles. The molecule has 0 unspecified atom stereocenters. The second kappa shape index (κ2) is 2.79. The maximum atomic E-state index is 9.74. The van der Waals surface area contributed by atoms with Crippen molar-refractivity contribution in [3.05, 3.63) is 47.3 Å². The van der Waals surface area contributed by atoms with Crippen LogP contribution in [-0.2, 0) is 13.0 Å². The Balaban J connectivity index is 2.17. The fraction of sp³-hybridized carbons (Fsp3) is 0.167. The van der Waals surface area contributed by atoms with Crippen LogP contribution < -0.4 is 0 Å². The molecule has 76 valence electrons. The Morgan fingerprint density at radius 3 is 2.87 bits per heavy atom. The standard InChI is InChI=1S/C12H11NO2/c14-11-4-3-8-6-9-2-1-5-13(9)7-10(8)12(11)15/h1-5,14-15H,6-7H2. The Bertz CT molecular complexity index is 528. The molecule has 1 aliphatic heterocycles. The molecule has 0 aliphatic carbocycles. The van der Waals surface area contributed by atoms with E-state index in [0.29, 0.717) is 6.54 Å². The van der Waals surface area contributed by atoms with Crippen LogP contribution in [-0.4, -0.2) is 14.8 Å². The fourth-order valence-corrected chi connectivity index (χ4v) is 2.14. The maximum absolute atomic E-state index is 9.74. The minimum atomic E-state index is -0.0376. The van der Waals surface area contributed by atoms with Gasteiger partial charge in [0.1, 0.15) is 0 Å². The predicted molar refractivity (Wildman–Crippen MR) is 56.1 cm³/mol. The van der Waals surface area contributed by atoms with Crippen LogP contribution in [0.25, 0.3) is 0 Å². The smallest absolute Gasteiger partial charge is 0.162 e. The van der Waals surface area contributed by atoms with Crippen LogP contribution in [0.4, 0.5) is 0 Å². The molecule has 3 rings (SSSR count). The van der Waals surface area contributed by atoms with Crippen molar-refractivity contribution in [3.8, 4) is 11.5 Å². The number of phenols is 2. The summed E-state index contributed by atoms with van der Waals surface area (Å²) in [4.78, 5) is 0. The molecule has 3 nitrogen and oxygen atoms in total. The monoisotopic (exact) mass is 201 g/mol. The summed E-state index contributed by atoms with van der Waals surface area (Å²) in [6.07, 6.45) is 2.80. The molecule has 15 heavy (non-hydrogen) atoms. The van der Waals surface area contributed by atoms with E-state index in [0.717, 1.165) is 17.5 Å². The number of phenolic OH excluding ortho intramolecular Hbond substituents is 2. The zero-order chi connectivity index (χ0) is 10.4. The molecule has 0 bridgehead atoms. The van der Waals surface area contributed by atoms with Crippen LogP contribution in [0.3, 0.4) is 0 Å². The lowest BCUT2D eigenvalue weighted by Gasteiger charge is -2.20. The van der Waals surface area contributed by atoms with Crippen LogP contribution in [0, 0.1) is 0 Å². The van der Waals surface area contributed by atoms with Crippen molar-refractivity contribution in [2.75, 3.05) is 0 Å². The van der Waals surface area contributed by atoms with Gasteiger partial charge in [-0.25, -0.2) is 0 Å². The lowest BCUT2D eigenvalue weighted by atomic mass is 9.98. The molecule has 0 saturated heterocycles. The third-order valence-corrected chi connectivity index (χ3v) is 2.98. The lowest BCUT2D eigenvalue weighted by Crippen LogP contribution is -2.12. The van der Waals surface area contributed by atoms with Crippen LogP contribution in [0.5, 0.6) is 11.5 Å². The molecule has 2 heterocycles. The molecule has 3 heteroatoms. The van der Waals surface area contributed by atoms with Crippen molar-refractivity contribution in [1.82, 2.24) is 4.57 Å². The van der Waals surface area contributed by atoms with Crippen molar-refractivity contribution >= 4 is 0 Å². The van der Waals surface area contributed by atoms with Gasteiger partial charge in [-0.15, -0.1) is 0 Å². The minimum absolute atomic E-state index is 0.0202. The Hall–Kier alpha value is -1.90. The number of hydrogen-bond acceptors (Lipinski definition) is 2. The summed E-state index contributed by atoms with van der Waals surface area (Å²) in [5, 5.41) is 19.2. The Morgan fingerprint density at radius 2 is 2.00 bits per heavy atom. The molecular formula is C12H11NO2. The highest BCUT2D eigenvalue weighted by Crippen LogP contribution is 2.35. The average molecular weight is 201 g/mol. The summed E-state index contributed by atoms with van der Waals surface area (Å²) in [7, 11) is 0. The highest BCUT2D eigenvalue weighted by molar-refractivity contribution is 5.51. The summed E-state index contributed by atoms with van der Waals surface area (Å²) >= 11 is 0. The number of benzene rings is 1. The summed E-state index contributed by atoms with van der Waals surface area (Å²) < 4.78 is 2.08. The largest absolute Gasteiger partial charge is 0.504 e. The first kappa shape index (κ1) is 8.41. The molecule has 2 N–H and O–H groups in total. The van der Waals surface area contributed by atoms with Crippen molar-refractivity contribution in [2.24, 2.45) is 0 Å². The number of nitrogens with zero attached hydrogens (tertiary/aromatic N) is 1. The van der Waals surface area contributed by atoms with E-state index in [1.54, 1.807) is 6.07 Å². The zero-order valence-electron chi connectivity index (χ0n) is 8.14. The van der Waals surface area contributed by atoms with Crippen LogP contribution in [0.15, 0.2) is 30.5 Å². The molecule has 0 atom stereocenters. The first-order chi connectivity index (χ1) is 7.25. The Kier molecular flexibility index (Phi) is 1.57. The summed E-state index contributed by atoms with van der Waals surface area (Å²) in [6.45, 7) is 0.637. The maximum Gasteiger partial charge on any atom is 0.162 e. The van der Waals surface area contributed by atoms with E-state index in [1.165, 1.54) is 5.69 Å². The number of hydrogen-bond donors (Lipinski definition) is 2. The van der Waals surface area contributed by atoms with E-state index < -0.39 is 0 Å². The SMILES string of the molecule is Oc1ccc2c(c1O)Cn1cccc1C2. The van der Waals surface area contributed by atoms with Crippen molar-refractivity contribution in [2.45, 2.75) is 13.0 Å². The highest BCUT2D eigenvalue weighted by atomic mass is 16.3. The van der Waals surface area contributed by atoms with Crippen LogP contribution >= 0.6 is 0 Å².